The Kier molecular flexibility index (Phi) is 4.30. The van der Waals surface area contributed by atoms with Crippen LogP contribution in [-0.4, -0.2) is 22.5 Å². The van der Waals surface area contributed by atoms with Gasteiger partial charge in [-0.3, -0.25) is 4.79 Å². The molecule has 0 saturated heterocycles. The van der Waals surface area contributed by atoms with Crippen LogP contribution in [0.3, 0.4) is 0 Å². The standard InChI is InChI=1S/C13H14N2O2S/c16-12-4-2-1-3-10(12)5-6-14-13(17)7-11-8-18-9-15-11/h1-4,8-9,16H,5-7H2,(H,14,17). The van der Waals surface area contributed by atoms with Gasteiger partial charge in [0.2, 0.25) is 5.91 Å². The summed E-state index contributed by atoms with van der Waals surface area (Å²) in [6.07, 6.45) is 0.930. The Morgan fingerprint density at radius 1 is 1.39 bits per heavy atom. The number of hydrogen-bond donors (Lipinski definition) is 2. The van der Waals surface area contributed by atoms with E-state index in [2.05, 4.69) is 10.3 Å². The van der Waals surface area contributed by atoms with Crippen LogP contribution in [0.2, 0.25) is 0 Å². The number of amides is 1. The van der Waals surface area contributed by atoms with Gasteiger partial charge in [-0.15, -0.1) is 11.3 Å². The summed E-state index contributed by atoms with van der Waals surface area (Å²) in [7, 11) is 0. The zero-order valence-electron chi connectivity index (χ0n) is 9.80. The van der Waals surface area contributed by atoms with E-state index in [4.69, 9.17) is 0 Å². The summed E-state index contributed by atoms with van der Waals surface area (Å²) in [4.78, 5) is 15.6. The third kappa shape index (κ3) is 3.56. The molecule has 0 saturated carbocycles. The topological polar surface area (TPSA) is 62.2 Å². The van der Waals surface area contributed by atoms with Gasteiger partial charge in [-0.1, -0.05) is 18.2 Å². The number of nitrogens with one attached hydrogen (secondary N) is 1. The van der Waals surface area contributed by atoms with E-state index in [9.17, 15) is 9.90 Å². The van der Waals surface area contributed by atoms with E-state index in [1.807, 2.05) is 17.5 Å². The quantitative estimate of drug-likeness (QED) is 0.863. The Labute approximate surface area is 109 Å². The number of aromatic hydroxyl groups is 1. The van der Waals surface area contributed by atoms with Crippen LogP contribution in [-0.2, 0) is 17.6 Å². The van der Waals surface area contributed by atoms with Crippen molar-refractivity contribution in [1.82, 2.24) is 10.3 Å². The highest BCUT2D eigenvalue weighted by Gasteiger charge is 2.05. The van der Waals surface area contributed by atoms with Crippen molar-refractivity contribution >= 4 is 17.2 Å². The molecule has 0 fully saturated rings. The molecule has 1 aromatic heterocycles. The van der Waals surface area contributed by atoms with Gasteiger partial charge in [0, 0.05) is 11.9 Å². The number of rotatable bonds is 5. The zero-order chi connectivity index (χ0) is 12.8. The fourth-order valence-electron chi connectivity index (χ4n) is 1.61. The van der Waals surface area contributed by atoms with E-state index in [1.54, 1.807) is 17.6 Å². The maximum absolute atomic E-state index is 11.6. The van der Waals surface area contributed by atoms with Crippen molar-refractivity contribution in [1.29, 1.82) is 0 Å². The molecule has 0 aliphatic rings. The molecule has 0 unspecified atom stereocenters. The van der Waals surface area contributed by atoms with E-state index in [0.717, 1.165) is 11.3 Å². The summed E-state index contributed by atoms with van der Waals surface area (Å²) in [5.41, 5.74) is 3.34. The van der Waals surface area contributed by atoms with E-state index in [1.165, 1.54) is 11.3 Å². The van der Waals surface area contributed by atoms with E-state index in [0.29, 0.717) is 19.4 Å². The number of phenolic OH excluding ortho intramolecular Hbond substituents is 1. The Morgan fingerprint density at radius 3 is 2.94 bits per heavy atom. The first kappa shape index (κ1) is 12.6. The van der Waals surface area contributed by atoms with Crippen LogP contribution in [0.1, 0.15) is 11.3 Å². The summed E-state index contributed by atoms with van der Waals surface area (Å²) in [6.45, 7) is 0.514. The van der Waals surface area contributed by atoms with Crippen molar-refractivity contribution in [3.8, 4) is 5.75 Å². The Balaban J connectivity index is 1.75. The third-order valence-electron chi connectivity index (χ3n) is 2.53. The van der Waals surface area contributed by atoms with Gasteiger partial charge < -0.3 is 10.4 Å². The first-order valence-electron chi connectivity index (χ1n) is 5.66. The number of hydrogen-bond acceptors (Lipinski definition) is 4. The number of benzene rings is 1. The van der Waals surface area contributed by atoms with E-state index < -0.39 is 0 Å². The lowest BCUT2D eigenvalue weighted by Gasteiger charge is -2.05. The molecule has 2 N–H and O–H groups in total. The predicted molar refractivity (Wildman–Crippen MR) is 70.6 cm³/mol. The Morgan fingerprint density at radius 2 is 2.22 bits per heavy atom. The molecule has 5 heteroatoms. The van der Waals surface area contributed by atoms with Gasteiger partial charge in [0.25, 0.3) is 0 Å². The van der Waals surface area contributed by atoms with E-state index in [-0.39, 0.29) is 11.7 Å². The summed E-state index contributed by atoms with van der Waals surface area (Å²) < 4.78 is 0. The number of carbonyl (C=O) groups excluding carboxylic acids is 1. The Hall–Kier alpha value is -1.88. The molecule has 0 aliphatic carbocycles. The second-order valence-electron chi connectivity index (χ2n) is 3.89. The van der Waals surface area contributed by atoms with Crippen LogP contribution in [0, 0.1) is 0 Å². The molecule has 0 radical (unpaired) electrons. The molecule has 0 atom stereocenters. The second kappa shape index (κ2) is 6.16. The number of nitrogens with zero attached hydrogens (tertiary/aromatic N) is 1. The average Bonchev–Trinajstić information content (AvgIpc) is 2.84. The smallest absolute Gasteiger partial charge is 0.226 e. The van der Waals surface area contributed by atoms with Crippen LogP contribution in [0.15, 0.2) is 35.2 Å². The molecule has 2 rings (SSSR count). The summed E-state index contributed by atoms with van der Waals surface area (Å²) in [5.74, 6) is 0.225. The van der Waals surface area contributed by atoms with Gasteiger partial charge in [-0.25, -0.2) is 4.98 Å². The summed E-state index contributed by atoms with van der Waals surface area (Å²) in [6, 6.07) is 7.14. The highest BCUT2D eigenvalue weighted by molar-refractivity contribution is 7.07. The molecule has 2 aromatic rings. The van der Waals surface area contributed by atoms with Crippen LogP contribution >= 0.6 is 11.3 Å². The third-order valence-corrected chi connectivity index (χ3v) is 3.17. The van der Waals surface area contributed by atoms with Crippen molar-refractivity contribution < 1.29 is 9.90 Å². The van der Waals surface area contributed by atoms with Gasteiger partial charge in [0.1, 0.15) is 5.75 Å². The summed E-state index contributed by atoms with van der Waals surface area (Å²) in [5, 5.41) is 14.2. The van der Waals surface area contributed by atoms with Crippen molar-refractivity contribution in [3.63, 3.8) is 0 Å². The minimum Gasteiger partial charge on any atom is -0.508 e. The van der Waals surface area contributed by atoms with Crippen molar-refractivity contribution in [2.24, 2.45) is 0 Å². The first-order valence-corrected chi connectivity index (χ1v) is 6.60. The number of para-hydroxylation sites is 1. The molecule has 0 aliphatic heterocycles. The van der Waals surface area contributed by atoms with Crippen molar-refractivity contribution in [3.05, 3.63) is 46.4 Å². The average molecular weight is 262 g/mol. The normalized spacial score (nSPS) is 10.2. The maximum atomic E-state index is 11.6. The SMILES string of the molecule is O=C(Cc1cscn1)NCCc1ccccc1O. The van der Waals surface area contributed by atoms with Gasteiger partial charge in [0.15, 0.2) is 0 Å². The minimum atomic E-state index is -0.0451. The molecule has 18 heavy (non-hydrogen) atoms. The molecular formula is C13H14N2O2S. The lowest BCUT2D eigenvalue weighted by atomic mass is 10.1. The maximum Gasteiger partial charge on any atom is 0.226 e. The molecular weight excluding hydrogens is 248 g/mol. The van der Waals surface area contributed by atoms with Crippen molar-refractivity contribution in [2.75, 3.05) is 6.54 Å². The molecule has 0 bridgehead atoms. The number of thiazole rings is 1. The lowest BCUT2D eigenvalue weighted by Crippen LogP contribution is -2.27. The highest BCUT2D eigenvalue weighted by atomic mass is 32.1. The second-order valence-corrected chi connectivity index (χ2v) is 4.60. The summed E-state index contributed by atoms with van der Waals surface area (Å²) >= 11 is 1.48. The molecule has 1 amide bonds. The molecule has 0 spiro atoms. The van der Waals surface area contributed by atoms with E-state index >= 15 is 0 Å². The molecule has 1 heterocycles. The van der Waals surface area contributed by atoms with Crippen LogP contribution < -0.4 is 5.32 Å². The van der Waals surface area contributed by atoms with Gasteiger partial charge in [0.05, 0.1) is 17.6 Å². The van der Waals surface area contributed by atoms with Crippen LogP contribution in [0.5, 0.6) is 5.75 Å². The van der Waals surface area contributed by atoms with Gasteiger partial charge >= 0.3 is 0 Å². The molecule has 1 aromatic carbocycles. The monoisotopic (exact) mass is 262 g/mol. The van der Waals surface area contributed by atoms with Crippen molar-refractivity contribution in [2.45, 2.75) is 12.8 Å². The fraction of sp³-hybridized carbons (Fsp3) is 0.231. The lowest BCUT2D eigenvalue weighted by molar-refractivity contribution is -0.120. The molecule has 94 valence electrons. The van der Waals surface area contributed by atoms with Gasteiger partial charge in [-0.2, -0.15) is 0 Å². The minimum absolute atomic E-state index is 0.0451. The Bertz CT molecular complexity index is 511. The first-order chi connectivity index (χ1) is 8.75. The largest absolute Gasteiger partial charge is 0.508 e. The zero-order valence-corrected chi connectivity index (χ0v) is 10.6. The van der Waals surface area contributed by atoms with Crippen LogP contribution in [0.25, 0.3) is 0 Å². The number of aromatic nitrogens is 1. The fourth-order valence-corrected chi connectivity index (χ4v) is 2.17. The van der Waals surface area contributed by atoms with Crippen LogP contribution in [0.4, 0.5) is 0 Å². The predicted octanol–water partition coefficient (Wildman–Crippen LogP) is 1.75. The molecule has 4 nitrogen and oxygen atoms in total. The number of phenols is 1. The highest BCUT2D eigenvalue weighted by Crippen LogP contribution is 2.15. The number of carbonyl (C=O) groups is 1. The van der Waals surface area contributed by atoms with Gasteiger partial charge in [-0.05, 0) is 18.1 Å².